The van der Waals surface area contributed by atoms with Gasteiger partial charge in [0.1, 0.15) is 11.0 Å². The summed E-state index contributed by atoms with van der Waals surface area (Å²) in [4.78, 5) is 20.9. The number of fused-ring (bicyclic) bond motifs is 1. The van der Waals surface area contributed by atoms with Gasteiger partial charge in [-0.1, -0.05) is 83.6 Å². The molecule has 242 valence electrons. The number of benzene rings is 1. The molecule has 0 radical (unpaired) electrons. The van der Waals surface area contributed by atoms with Crippen molar-refractivity contribution in [2.45, 2.75) is 140 Å². The zero-order valence-corrected chi connectivity index (χ0v) is 29.8. The van der Waals surface area contributed by atoms with Crippen LogP contribution in [0.3, 0.4) is 0 Å². The molecule has 0 unspecified atom stereocenters. The summed E-state index contributed by atoms with van der Waals surface area (Å²) in [7, 11) is 0. The maximum Gasteiger partial charge on any atom is 0.160 e. The fraction of sp³-hybridized carbons (Fsp3) is 0.553. The van der Waals surface area contributed by atoms with Crippen LogP contribution in [0.2, 0.25) is 0 Å². The Morgan fingerprint density at radius 1 is 0.909 bits per heavy atom. The summed E-state index contributed by atoms with van der Waals surface area (Å²) in [6.07, 6.45) is 15.5. The maximum absolute atomic E-state index is 11.8. The van der Waals surface area contributed by atoms with Gasteiger partial charge in [0.25, 0.3) is 0 Å². The van der Waals surface area contributed by atoms with Gasteiger partial charge in [-0.3, -0.25) is 14.8 Å². The number of carbonyl (C=O) groups is 1. The molecule has 3 rings (SSSR count). The molecule has 3 aromatic rings. The van der Waals surface area contributed by atoms with Crippen LogP contribution in [0.1, 0.15) is 148 Å². The van der Waals surface area contributed by atoms with Gasteiger partial charge in [-0.05, 0) is 103 Å². The molecule has 6 heteroatoms. The van der Waals surface area contributed by atoms with Crippen molar-refractivity contribution in [1.82, 2.24) is 20.0 Å². The Morgan fingerprint density at radius 3 is 1.93 bits per heavy atom. The molecule has 0 atom stereocenters. The van der Waals surface area contributed by atoms with Crippen LogP contribution in [0.5, 0.6) is 0 Å². The fourth-order valence-electron chi connectivity index (χ4n) is 5.02. The standard InChI is InChI=1S/C22H28N4O.C11H19N.C5H12/c1-6-8-18(9-7-2)26-21-13-23-19(12-20(21)24-25-26)17-10-14(3)22(16(5)27)15(4)11-17;1-6-11(7-2)8-12-10(5)9(3)4;1-3-5-4-2/h10-13,18H,6-9H2,1-5H3;6,8H,7H2,1-5H3;3-5H2,1-2H3/b;11-6-,12-8?;. The number of hydrogen-bond donors (Lipinski definition) is 0. The van der Waals surface area contributed by atoms with Gasteiger partial charge in [-0.2, -0.15) is 0 Å². The predicted molar refractivity (Wildman–Crippen MR) is 191 cm³/mol. The average Bonchev–Trinajstić information content (AvgIpc) is 3.41. The Balaban J connectivity index is 0.000000473. The fourth-order valence-corrected chi connectivity index (χ4v) is 5.02. The van der Waals surface area contributed by atoms with Crippen LogP contribution >= 0.6 is 0 Å². The number of Topliss-reactive ketones (excluding diaryl/α,β-unsaturated/α-hetero) is 1. The van der Waals surface area contributed by atoms with Crippen molar-refractivity contribution in [3.63, 3.8) is 0 Å². The molecule has 0 aliphatic rings. The maximum atomic E-state index is 11.8. The van der Waals surface area contributed by atoms with Crippen LogP contribution in [0.15, 0.2) is 52.3 Å². The lowest BCUT2D eigenvalue weighted by molar-refractivity contribution is 0.101. The summed E-state index contributed by atoms with van der Waals surface area (Å²) in [5.74, 6) is 0.0980. The lowest BCUT2D eigenvalue weighted by Gasteiger charge is -2.16. The first-order valence-electron chi connectivity index (χ1n) is 16.7. The molecule has 2 aromatic heterocycles. The summed E-state index contributed by atoms with van der Waals surface area (Å²) in [5.41, 5.74) is 10.2. The monoisotopic (exact) mass is 601 g/mol. The minimum absolute atomic E-state index is 0.0980. The van der Waals surface area contributed by atoms with E-state index >= 15 is 0 Å². The first-order chi connectivity index (χ1) is 21.0. The zero-order chi connectivity index (χ0) is 33.2. The Hall–Kier alpha value is -3.41. The summed E-state index contributed by atoms with van der Waals surface area (Å²) in [6, 6.07) is 6.42. The third-order valence-electron chi connectivity index (χ3n) is 7.76. The van der Waals surface area contributed by atoms with E-state index in [1.807, 2.05) is 63.0 Å². The minimum atomic E-state index is 0.0980. The van der Waals surface area contributed by atoms with Crippen LogP contribution in [-0.4, -0.2) is 32.0 Å². The Bertz CT molecular complexity index is 1370. The third kappa shape index (κ3) is 11.9. The van der Waals surface area contributed by atoms with E-state index in [1.54, 1.807) is 6.92 Å². The van der Waals surface area contributed by atoms with Crippen LogP contribution in [0.4, 0.5) is 0 Å². The quantitative estimate of drug-likeness (QED) is 0.153. The molecule has 0 spiro atoms. The molecule has 0 amide bonds. The molecular weight excluding hydrogens is 542 g/mol. The van der Waals surface area contributed by atoms with E-state index in [-0.39, 0.29) is 5.78 Å². The largest absolute Gasteiger partial charge is 0.294 e. The van der Waals surface area contributed by atoms with Crippen molar-refractivity contribution < 1.29 is 4.79 Å². The SMILES string of the molecule is C/C=C(\C=NC(C)=C(C)C)CC.CCCC(CCC)n1nnc2cc(-c3cc(C)c(C(C)=O)c(C)c3)ncc21.CCCCC. The van der Waals surface area contributed by atoms with E-state index in [1.165, 1.54) is 30.4 Å². The van der Waals surface area contributed by atoms with E-state index in [4.69, 9.17) is 0 Å². The molecule has 0 N–H and O–H groups in total. The second-order valence-corrected chi connectivity index (χ2v) is 11.8. The average molecular weight is 602 g/mol. The van der Waals surface area contributed by atoms with E-state index in [9.17, 15) is 4.79 Å². The second-order valence-electron chi connectivity index (χ2n) is 11.8. The van der Waals surface area contributed by atoms with Crippen molar-refractivity contribution in [1.29, 1.82) is 0 Å². The van der Waals surface area contributed by atoms with E-state index in [0.29, 0.717) is 6.04 Å². The Labute approximate surface area is 268 Å². The van der Waals surface area contributed by atoms with Crippen molar-refractivity contribution >= 4 is 23.0 Å². The number of pyridine rings is 1. The summed E-state index contributed by atoms with van der Waals surface area (Å²) in [6.45, 7) is 24.8. The van der Waals surface area contributed by atoms with Gasteiger partial charge in [0, 0.05) is 23.0 Å². The highest BCUT2D eigenvalue weighted by molar-refractivity contribution is 5.97. The first-order valence-corrected chi connectivity index (χ1v) is 16.7. The van der Waals surface area contributed by atoms with Gasteiger partial charge in [0.15, 0.2) is 5.78 Å². The molecular formula is C38H59N5O. The van der Waals surface area contributed by atoms with Crippen molar-refractivity contribution in [3.8, 4) is 11.3 Å². The number of carbonyl (C=O) groups excluding carboxylic acids is 1. The van der Waals surface area contributed by atoms with Gasteiger partial charge in [-0.25, -0.2) is 4.68 Å². The number of aliphatic imine (C=N–C) groups is 1. The molecule has 1 aromatic carbocycles. The first kappa shape index (κ1) is 38.6. The number of allylic oxidation sites excluding steroid dienone is 4. The smallest absolute Gasteiger partial charge is 0.160 e. The van der Waals surface area contributed by atoms with Gasteiger partial charge in [0.05, 0.1) is 17.9 Å². The summed E-state index contributed by atoms with van der Waals surface area (Å²) in [5, 5.41) is 8.82. The lowest BCUT2D eigenvalue weighted by atomic mass is 9.95. The van der Waals surface area contributed by atoms with Crippen LogP contribution in [0.25, 0.3) is 22.3 Å². The predicted octanol–water partition coefficient (Wildman–Crippen LogP) is 11.4. The number of aryl methyl sites for hydroxylation is 2. The van der Waals surface area contributed by atoms with E-state index < -0.39 is 0 Å². The Kier molecular flexibility index (Phi) is 18.0. The second kappa shape index (κ2) is 20.5. The van der Waals surface area contributed by atoms with E-state index in [2.05, 4.69) is 74.8 Å². The zero-order valence-electron chi connectivity index (χ0n) is 29.8. The van der Waals surface area contributed by atoms with Crippen molar-refractivity contribution in [3.05, 3.63) is 64.0 Å². The molecule has 6 nitrogen and oxygen atoms in total. The van der Waals surface area contributed by atoms with Crippen molar-refractivity contribution in [2.75, 3.05) is 0 Å². The summed E-state index contributed by atoms with van der Waals surface area (Å²) >= 11 is 0. The van der Waals surface area contributed by atoms with Gasteiger partial charge < -0.3 is 0 Å². The molecule has 0 aliphatic heterocycles. The number of aromatic nitrogens is 4. The molecule has 2 heterocycles. The van der Waals surface area contributed by atoms with Crippen LogP contribution in [0, 0.1) is 13.8 Å². The van der Waals surface area contributed by atoms with Gasteiger partial charge >= 0.3 is 0 Å². The van der Waals surface area contributed by atoms with Crippen LogP contribution in [-0.2, 0) is 0 Å². The highest BCUT2D eigenvalue weighted by Crippen LogP contribution is 2.28. The van der Waals surface area contributed by atoms with Crippen molar-refractivity contribution in [2.24, 2.45) is 4.99 Å². The number of nitrogens with zero attached hydrogens (tertiary/aromatic N) is 5. The lowest BCUT2D eigenvalue weighted by Crippen LogP contribution is -2.10. The topological polar surface area (TPSA) is 73.0 Å². The van der Waals surface area contributed by atoms with Gasteiger partial charge in [-0.15, -0.1) is 5.10 Å². The molecule has 0 bridgehead atoms. The summed E-state index contributed by atoms with van der Waals surface area (Å²) < 4.78 is 2.04. The number of ketones is 1. The minimum Gasteiger partial charge on any atom is -0.294 e. The molecule has 0 saturated carbocycles. The number of hydrogen-bond acceptors (Lipinski definition) is 5. The van der Waals surface area contributed by atoms with Gasteiger partial charge in [0.2, 0.25) is 0 Å². The molecule has 0 aliphatic carbocycles. The number of unbranched alkanes of at least 4 members (excludes halogenated alkanes) is 2. The van der Waals surface area contributed by atoms with Crippen LogP contribution < -0.4 is 0 Å². The normalized spacial score (nSPS) is 11.3. The molecule has 44 heavy (non-hydrogen) atoms. The molecule has 0 fully saturated rings. The molecule has 0 saturated heterocycles. The Morgan fingerprint density at radius 2 is 1.50 bits per heavy atom. The highest BCUT2D eigenvalue weighted by atomic mass is 16.1. The van der Waals surface area contributed by atoms with E-state index in [0.717, 1.165) is 76.8 Å². The number of rotatable bonds is 12. The highest BCUT2D eigenvalue weighted by Gasteiger charge is 2.16. The third-order valence-corrected chi connectivity index (χ3v) is 7.76.